The molecular weight excluding hydrogens is 520 g/mol. The smallest absolute Gasteiger partial charge is 0.143 e. The van der Waals surface area contributed by atoms with Crippen LogP contribution in [0.1, 0.15) is 0 Å². The minimum Gasteiger partial charge on any atom is -0.455 e. The fraction of sp³-hybridized carbons (Fsp3) is 0. The summed E-state index contributed by atoms with van der Waals surface area (Å²) >= 11 is 0. The monoisotopic (exact) mass is 546 g/mol. The van der Waals surface area contributed by atoms with Crippen molar-refractivity contribution < 1.29 is 4.74 Å². The molecule has 0 amide bonds. The summed E-state index contributed by atoms with van der Waals surface area (Å²) in [4.78, 5) is 0. The number of hydrogen-bond donors (Lipinski definition) is 0. The van der Waals surface area contributed by atoms with Crippen LogP contribution in [-0.4, -0.2) is 0 Å². The maximum Gasteiger partial charge on any atom is 0.143 e. The molecule has 1 heterocycles. The molecule has 200 valence electrons. The van der Waals surface area contributed by atoms with Gasteiger partial charge in [0, 0.05) is 22.1 Å². The Morgan fingerprint density at radius 2 is 0.930 bits per heavy atom. The van der Waals surface area contributed by atoms with Gasteiger partial charge < -0.3 is 4.74 Å². The molecule has 9 rings (SSSR count). The quantitative estimate of drug-likeness (QED) is 0.200. The molecule has 0 aliphatic carbocycles. The fourth-order valence-corrected chi connectivity index (χ4v) is 6.98. The third kappa shape index (κ3) is 3.65. The van der Waals surface area contributed by atoms with Crippen molar-refractivity contribution in [3.8, 4) is 56.0 Å². The minimum absolute atomic E-state index is 0.901. The molecule has 0 aromatic heterocycles. The molecule has 0 saturated heterocycles. The number of ether oxygens (including phenoxy) is 1. The Morgan fingerprint density at radius 1 is 0.349 bits per heavy atom. The molecule has 1 nitrogen and oxygen atoms in total. The first kappa shape index (κ1) is 24.0. The summed E-state index contributed by atoms with van der Waals surface area (Å²) in [5.41, 5.74) is 9.60. The highest BCUT2D eigenvalue weighted by Crippen LogP contribution is 2.53. The van der Waals surface area contributed by atoms with Crippen LogP contribution in [0.15, 0.2) is 158 Å². The molecule has 0 atom stereocenters. The molecule has 0 radical (unpaired) electrons. The van der Waals surface area contributed by atoms with Gasteiger partial charge in [-0.05, 0) is 72.9 Å². The standard InChI is InChI=1S/C42H26O/c1-2-12-27(13-3-1)29-15-10-16-30(26-29)39-33-18-4-6-20-35(33)41(36-21-7-5-19-34(36)39)37-25-24-28-14-11-22-32-31-17-8-9-23-38(31)43-42(37)40(28)32/h1-26H. The minimum atomic E-state index is 0.901. The Bertz CT molecular complexity index is 2310. The van der Waals surface area contributed by atoms with E-state index in [1.807, 2.05) is 0 Å². The van der Waals surface area contributed by atoms with Crippen LogP contribution in [0.4, 0.5) is 0 Å². The number of benzene rings is 8. The van der Waals surface area contributed by atoms with E-state index in [4.69, 9.17) is 4.74 Å². The van der Waals surface area contributed by atoms with E-state index in [0.717, 1.165) is 22.6 Å². The van der Waals surface area contributed by atoms with Crippen molar-refractivity contribution in [2.45, 2.75) is 0 Å². The first-order valence-electron chi connectivity index (χ1n) is 14.8. The lowest BCUT2D eigenvalue weighted by Crippen LogP contribution is -1.99. The van der Waals surface area contributed by atoms with Gasteiger partial charge in [0.05, 0.1) is 0 Å². The largest absolute Gasteiger partial charge is 0.455 e. The van der Waals surface area contributed by atoms with Crippen molar-refractivity contribution in [3.05, 3.63) is 158 Å². The van der Waals surface area contributed by atoms with Crippen molar-refractivity contribution in [1.29, 1.82) is 0 Å². The fourth-order valence-electron chi connectivity index (χ4n) is 6.98. The van der Waals surface area contributed by atoms with E-state index in [9.17, 15) is 0 Å². The highest BCUT2D eigenvalue weighted by molar-refractivity contribution is 6.23. The molecule has 1 aliphatic rings. The van der Waals surface area contributed by atoms with Crippen LogP contribution in [0, 0.1) is 0 Å². The van der Waals surface area contributed by atoms with Gasteiger partial charge in [-0.2, -0.15) is 0 Å². The van der Waals surface area contributed by atoms with Crippen molar-refractivity contribution in [3.63, 3.8) is 0 Å². The highest BCUT2D eigenvalue weighted by atomic mass is 16.5. The van der Waals surface area contributed by atoms with Gasteiger partial charge in [0.2, 0.25) is 0 Å². The van der Waals surface area contributed by atoms with Gasteiger partial charge in [0.25, 0.3) is 0 Å². The van der Waals surface area contributed by atoms with Crippen molar-refractivity contribution in [1.82, 2.24) is 0 Å². The average molecular weight is 547 g/mol. The average Bonchev–Trinajstić information content (AvgIpc) is 3.08. The highest BCUT2D eigenvalue weighted by Gasteiger charge is 2.25. The van der Waals surface area contributed by atoms with E-state index in [1.165, 1.54) is 65.7 Å². The number of rotatable bonds is 3. The summed E-state index contributed by atoms with van der Waals surface area (Å²) in [6.45, 7) is 0. The Kier molecular flexibility index (Phi) is 5.27. The maximum atomic E-state index is 6.81. The lowest BCUT2D eigenvalue weighted by Gasteiger charge is -2.25. The van der Waals surface area contributed by atoms with Crippen molar-refractivity contribution in [2.24, 2.45) is 0 Å². The van der Waals surface area contributed by atoms with Gasteiger partial charge in [0.1, 0.15) is 11.5 Å². The molecule has 1 aliphatic heterocycles. The van der Waals surface area contributed by atoms with Crippen molar-refractivity contribution in [2.75, 3.05) is 0 Å². The van der Waals surface area contributed by atoms with Gasteiger partial charge in [0.15, 0.2) is 0 Å². The summed E-state index contributed by atoms with van der Waals surface area (Å²) in [6.07, 6.45) is 0. The predicted octanol–water partition coefficient (Wildman–Crippen LogP) is 11.9. The molecule has 8 aromatic rings. The lowest BCUT2D eigenvalue weighted by atomic mass is 9.84. The molecule has 0 unspecified atom stereocenters. The van der Waals surface area contributed by atoms with Crippen LogP contribution in [0.3, 0.4) is 0 Å². The van der Waals surface area contributed by atoms with E-state index in [2.05, 4.69) is 158 Å². The van der Waals surface area contributed by atoms with Crippen LogP contribution in [0.5, 0.6) is 11.5 Å². The molecule has 8 aromatic carbocycles. The predicted molar refractivity (Wildman–Crippen MR) is 181 cm³/mol. The van der Waals surface area contributed by atoms with Gasteiger partial charge in [-0.3, -0.25) is 0 Å². The molecule has 0 saturated carbocycles. The SMILES string of the molecule is c1ccc(-c2cccc(-c3c4ccccc4c(-c4ccc5cccc6c5c4Oc4ccccc4-6)c4ccccc34)c2)cc1. The zero-order valence-corrected chi connectivity index (χ0v) is 23.4. The second kappa shape index (κ2) is 9.44. The van der Waals surface area contributed by atoms with Crippen molar-refractivity contribution >= 4 is 32.3 Å². The Hall–Kier alpha value is -5.66. The van der Waals surface area contributed by atoms with E-state index in [0.29, 0.717) is 0 Å². The number of hydrogen-bond acceptors (Lipinski definition) is 1. The van der Waals surface area contributed by atoms with Gasteiger partial charge >= 0.3 is 0 Å². The van der Waals surface area contributed by atoms with E-state index < -0.39 is 0 Å². The molecule has 0 bridgehead atoms. The van der Waals surface area contributed by atoms with Crippen LogP contribution >= 0.6 is 0 Å². The van der Waals surface area contributed by atoms with Gasteiger partial charge in [-0.15, -0.1) is 0 Å². The normalized spacial score (nSPS) is 11.9. The van der Waals surface area contributed by atoms with E-state index >= 15 is 0 Å². The maximum absolute atomic E-state index is 6.81. The van der Waals surface area contributed by atoms with Gasteiger partial charge in [-0.1, -0.05) is 140 Å². The van der Waals surface area contributed by atoms with E-state index in [-0.39, 0.29) is 0 Å². The molecule has 1 heteroatoms. The number of fused-ring (bicyclic) bond motifs is 4. The molecule has 0 fully saturated rings. The molecule has 43 heavy (non-hydrogen) atoms. The number of para-hydroxylation sites is 1. The molecular formula is C42H26O. The van der Waals surface area contributed by atoms with E-state index in [1.54, 1.807) is 0 Å². The summed E-state index contributed by atoms with van der Waals surface area (Å²) in [7, 11) is 0. The third-order valence-corrected chi connectivity index (χ3v) is 8.85. The molecule has 0 N–H and O–H groups in total. The van der Waals surface area contributed by atoms with Crippen LogP contribution in [0.2, 0.25) is 0 Å². The van der Waals surface area contributed by atoms with Crippen LogP contribution in [-0.2, 0) is 0 Å². The second-order valence-electron chi connectivity index (χ2n) is 11.2. The van der Waals surface area contributed by atoms with Crippen LogP contribution < -0.4 is 4.74 Å². The summed E-state index contributed by atoms with van der Waals surface area (Å²) in [5, 5.41) is 7.27. The first-order valence-corrected chi connectivity index (χ1v) is 14.8. The third-order valence-electron chi connectivity index (χ3n) is 8.85. The topological polar surface area (TPSA) is 9.23 Å². The Morgan fingerprint density at radius 3 is 1.70 bits per heavy atom. The summed E-state index contributed by atoms with van der Waals surface area (Å²) in [5.74, 6) is 1.83. The summed E-state index contributed by atoms with van der Waals surface area (Å²) in [6, 6.07) is 56.7. The summed E-state index contributed by atoms with van der Waals surface area (Å²) < 4.78 is 6.81. The first-order chi connectivity index (χ1) is 21.3. The molecule has 0 spiro atoms. The lowest BCUT2D eigenvalue weighted by molar-refractivity contribution is 0.489. The van der Waals surface area contributed by atoms with Gasteiger partial charge in [-0.25, -0.2) is 0 Å². The second-order valence-corrected chi connectivity index (χ2v) is 11.2. The zero-order chi connectivity index (χ0) is 28.3. The van der Waals surface area contributed by atoms with Crippen LogP contribution in [0.25, 0.3) is 76.8 Å². The zero-order valence-electron chi connectivity index (χ0n) is 23.4. The Balaban J connectivity index is 1.37. The Labute approximate surface area is 250 Å².